The smallest absolute Gasteiger partial charge is 0.273 e. The minimum Gasteiger partial charge on any atom is -0.494 e. The number of amides is 3. The van der Waals surface area contributed by atoms with Crippen LogP contribution in [-0.2, 0) is 4.79 Å². The first kappa shape index (κ1) is 21.2. The molecule has 11 nitrogen and oxygen atoms in total. The number of methoxy groups -OCH3 is 1. The maximum absolute atomic E-state index is 14.8. The van der Waals surface area contributed by atoms with Crippen molar-refractivity contribution in [2.24, 2.45) is 5.92 Å². The third-order valence-corrected chi connectivity index (χ3v) is 6.22. The summed E-state index contributed by atoms with van der Waals surface area (Å²) in [7, 11) is 4.53. The van der Waals surface area contributed by atoms with Crippen molar-refractivity contribution in [3.05, 3.63) is 40.8 Å². The molecule has 1 aliphatic carbocycles. The molecular formula is C23H24FN7O4S. The molecule has 36 heavy (non-hydrogen) atoms. The zero-order chi connectivity index (χ0) is 28.5. The molecule has 1 aromatic carbocycles. The summed E-state index contributed by atoms with van der Waals surface area (Å²) in [5.74, 6) is -2.34. The molecule has 188 valence electrons. The van der Waals surface area contributed by atoms with Crippen LogP contribution in [0.2, 0.25) is 0 Å². The molecule has 2 heterocycles. The zero-order valence-corrected chi connectivity index (χ0v) is 20.3. The Bertz CT molecular complexity index is 1440. The number of hydrogen-bond acceptors (Lipinski definition) is 9. The minimum absolute atomic E-state index is 0.00203. The molecule has 0 unspecified atom stereocenters. The molecule has 3 amide bonds. The Balaban J connectivity index is 1.75. The van der Waals surface area contributed by atoms with E-state index in [1.54, 1.807) is 14.1 Å². The number of nitrogens with one attached hydrogen (secondary N) is 3. The van der Waals surface area contributed by atoms with Crippen LogP contribution in [0.15, 0.2) is 24.4 Å². The summed E-state index contributed by atoms with van der Waals surface area (Å²) < 4.78 is 42.4. The Hall–Kier alpha value is -4.13. The molecule has 2 aromatic heterocycles. The van der Waals surface area contributed by atoms with Gasteiger partial charge in [-0.2, -0.15) is 0 Å². The highest BCUT2D eigenvalue weighted by atomic mass is 32.1. The molecule has 1 saturated carbocycles. The lowest BCUT2D eigenvalue weighted by Gasteiger charge is -2.16. The molecular weight excluding hydrogens is 489 g/mol. The molecule has 1 fully saturated rings. The summed E-state index contributed by atoms with van der Waals surface area (Å²) in [4.78, 5) is 43.2. The molecule has 0 saturated heterocycles. The fraction of sp³-hybridized carbons (Fsp3) is 0.304. The van der Waals surface area contributed by atoms with Gasteiger partial charge in [-0.05, 0) is 18.9 Å². The van der Waals surface area contributed by atoms with Crippen LogP contribution in [-0.4, -0.2) is 66.0 Å². The van der Waals surface area contributed by atoms with Gasteiger partial charge in [0.1, 0.15) is 15.7 Å². The molecule has 0 bridgehead atoms. The van der Waals surface area contributed by atoms with Gasteiger partial charge >= 0.3 is 0 Å². The van der Waals surface area contributed by atoms with Crippen molar-refractivity contribution in [1.29, 1.82) is 0 Å². The van der Waals surface area contributed by atoms with E-state index < -0.39 is 24.4 Å². The van der Waals surface area contributed by atoms with E-state index >= 15 is 0 Å². The second-order valence-electron chi connectivity index (χ2n) is 8.10. The summed E-state index contributed by atoms with van der Waals surface area (Å²) in [6.07, 6.45) is 2.86. The number of rotatable bonds is 8. The highest BCUT2D eigenvalue weighted by Crippen LogP contribution is 2.41. The highest BCUT2D eigenvalue weighted by molar-refractivity contribution is 7.16. The van der Waals surface area contributed by atoms with Crippen molar-refractivity contribution in [2.75, 3.05) is 38.8 Å². The molecule has 0 spiro atoms. The van der Waals surface area contributed by atoms with Gasteiger partial charge in [0.2, 0.25) is 5.91 Å². The Kier molecular flexibility index (Phi) is 6.02. The number of carbonyl (C=O) groups is 3. The summed E-state index contributed by atoms with van der Waals surface area (Å²) in [5.41, 5.74) is -0.231. The van der Waals surface area contributed by atoms with Crippen LogP contribution in [0.5, 0.6) is 5.75 Å². The van der Waals surface area contributed by atoms with Gasteiger partial charge in [0.15, 0.2) is 17.3 Å². The van der Waals surface area contributed by atoms with Crippen molar-refractivity contribution in [2.45, 2.75) is 12.8 Å². The van der Waals surface area contributed by atoms with E-state index in [4.69, 9.17) is 8.85 Å². The van der Waals surface area contributed by atoms with E-state index in [2.05, 4.69) is 25.8 Å². The van der Waals surface area contributed by atoms with Gasteiger partial charge in [0, 0.05) is 43.2 Å². The molecule has 13 heteroatoms. The lowest BCUT2D eigenvalue weighted by atomic mass is 10.1. The molecule has 0 radical (unpaired) electrons. The van der Waals surface area contributed by atoms with E-state index in [-0.39, 0.29) is 46.2 Å². The third-order valence-electron chi connectivity index (χ3n) is 5.20. The summed E-state index contributed by atoms with van der Waals surface area (Å²) in [6.45, 7) is -2.81. The topological polar surface area (TPSA) is 138 Å². The number of ether oxygens (including phenoxy) is 1. The fourth-order valence-electron chi connectivity index (χ4n) is 3.28. The number of benzene rings is 1. The lowest BCUT2D eigenvalue weighted by molar-refractivity contribution is -0.117. The van der Waals surface area contributed by atoms with Gasteiger partial charge in [-0.25, -0.2) is 9.37 Å². The number of anilines is 3. The predicted octanol–water partition coefficient (Wildman–Crippen LogP) is 2.90. The van der Waals surface area contributed by atoms with Crippen LogP contribution in [0.25, 0.3) is 10.6 Å². The summed E-state index contributed by atoms with van der Waals surface area (Å²) in [5, 5.41) is 15.2. The van der Waals surface area contributed by atoms with Gasteiger partial charge in [-0.3, -0.25) is 14.4 Å². The molecule has 3 N–H and O–H groups in total. The molecule has 3 aromatic rings. The quantitative estimate of drug-likeness (QED) is 0.416. The van der Waals surface area contributed by atoms with Crippen LogP contribution in [0.1, 0.15) is 37.1 Å². The molecule has 1 aliphatic rings. The Labute approximate surface area is 214 Å². The normalized spacial score (nSPS) is 14.2. The number of nitrogens with zero attached hydrogens (tertiary/aromatic N) is 4. The highest BCUT2D eigenvalue weighted by Gasteiger charge is 2.30. The van der Waals surface area contributed by atoms with E-state index in [0.717, 1.165) is 30.2 Å². The van der Waals surface area contributed by atoms with E-state index in [1.807, 2.05) is 5.32 Å². The predicted molar refractivity (Wildman–Crippen MR) is 132 cm³/mol. The van der Waals surface area contributed by atoms with E-state index in [1.165, 1.54) is 30.3 Å². The van der Waals surface area contributed by atoms with Crippen molar-refractivity contribution >= 4 is 46.3 Å². The second-order valence-corrected chi connectivity index (χ2v) is 9.13. The summed E-state index contributed by atoms with van der Waals surface area (Å²) >= 11 is 1.03. The van der Waals surface area contributed by atoms with Crippen molar-refractivity contribution in [3.63, 3.8) is 0 Å². The van der Waals surface area contributed by atoms with Crippen molar-refractivity contribution < 1.29 is 27.6 Å². The lowest BCUT2D eigenvalue weighted by Crippen LogP contribution is -2.22. The zero-order valence-electron chi connectivity index (χ0n) is 22.5. The van der Waals surface area contributed by atoms with Gasteiger partial charge in [0.05, 0.1) is 30.2 Å². The standard InChI is InChI=1S/C23H24FN7O4S/c1-25-21(33)18-14(9-17(29-30-18)28-20(32)11-5-6-11)27-15-8-12(24)7-13(19(15)35-4)22-26-10-16(36-22)23(34)31(2)3/h7-11H,5-6H2,1-4H3,(H,25,33)(H2,27,28,29,32)/i1D3. The maximum atomic E-state index is 14.8. The van der Waals surface area contributed by atoms with Crippen LogP contribution in [0.3, 0.4) is 0 Å². The molecule has 0 aliphatic heterocycles. The van der Waals surface area contributed by atoms with Crippen LogP contribution < -0.4 is 20.7 Å². The number of hydrogen-bond donors (Lipinski definition) is 3. The van der Waals surface area contributed by atoms with Crippen molar-refractivity contribution in [3.8, 4) is 16.3 Å². The van der Waals surface area contributed by atoms with Crippen LogP contribution in [0.4, 0.5) is 21.6 Å². The number of aromatic nitrogens is 3. The number of halogens is 1. The Morgan fingerprint density at radius 2 is 1.97 bits per heavy atom. The monoisotopic (exact) mass is 516 g/mol. The first-order chi connectivity index (χ1) is 18.4. The Morgan fingerprint density at radius 3 is 2.64 bits per heavy atom. The average molecular weight is 517 g/mol. The molecule has 0 atom stereocenters. The average Bonchev–Trinajstić information content (AvgIpc) is 3.59. The van der Waals surface area contributed by atoms with Crippen LogP contribution in [0, 0.1) is 11.7 Å². The third kappa shape index (κ3) is 5.25. The van der Waals surface area contributed by atoms with E-state index in [9.17, 15) is 18.8 Å². The van der Waals surface area contributed by atoms with Gasteiger partial charge in [-0.15, -0.1) is 21.5 Å². The minimum atomic E-state index is -2.81. The van der Waals surface area contributed by atoms with Crippen molar-refractivity contribution in [1.82, 2.24) is 25.4 Å². The SMILES string of the molecule is [2H]C([2H])([2H])NC(=O)c1nnc(NC(=O)C2CC2)cc1Nc1cc(F)cc(-c2ncc(C(=O)N(C)C)s2)c1OC. The van der Waals surface area contributed by atoms with E-state index in [0.29, 0.717) is 9.88 Å². The second kappa shape index (κ2) is 10.2. The van der Waals surface area contributed by atoms with Gasteiger partial charge < -0.3 is 25.6 Å². The van der Waals surface area contributed by atoms with Crippen LogP contribution >= 0.6 is 11.3 Å². The van der Waals surface area contributed by atoms with Gasteiger partial charge in [-0.1, -0.05) is 0 Å². The Morgan fingerprint density at radius 1 is 1.19 bits per heavy atom. The molecule has 4 rings (SSSR count). The number of carbonyl (C=O) groups excluding carboxylic acids is 3. The number of thiazole rings is 1. The first-order valence-electron chi connectivity index (χ1n) is 12.2. The first-order valence-corrected chi connectivity index (χ1v) is 11.5. The summed E-state index contributed by atoms with van der Waals surface area (Å²) in [6, 6.07) is 3.56. The fourth-order valence-corrected chi connectivity index (χ4v) is 4.23. The maximum Gasteiger partial charge on any atom is 0.273 e. The van der Waals surface area contributed by atoms with Gasteiger partial charge in [0.25, 0.3) is 11.8 Å². The largest absolute Gasteiger partial charge is 0.494 e.